The molecular weight excluding hydrogens is 253 g/mol. The van der Waals surface area contributed by atoms with Crippen molar-refractivity contribution in [1.29, 1.82) is 0 Å². The maximum atomic E-state index is 14.0. The van der Waals surface area contributed by atoms with Crippen LogP contribution in [0.1, 0.15) is 32.2 Å². The Hall–Kier alpha value is -1.42. The van der Waals surface area contributed by atoms with Gasteiger partial charge in [-0.15, -0.1) is 0 Å². The van der Waals surface area contributed by atoms with E-state index in [0.717, 1.165) is 0 Å². The first-order chi connectivity index (χ1) is 8.29. The quantitative estimate of drug-likeness (QED) is 0.789. The normalized spacial score (nSPS) is 11.9. The molecule has 0 aliphatic heterocycles. The fourth-order valence-electron chi connectivity index (χ4n) is 1.72. The van der Waals surface area contributed by atoms with Gasteiger partial charge in [-0.05, 0) is 30.0 Å². The van der Waals surface area contributed by atoms with Gasteiger partial charge in [-0.25, -0.2) is 14.1 Å². The fourth-order valence-corrected chi connectivity index (χ4v) is 1.94. The Labute approximate surface area is 111 Å². The summed E-state index contributed by atoms with van der Waals surface area (Å²) < 4.78 is 15.6. The summed E-state index contributed by atoms with van der Waals surface area (Å²) in [6.45, 7) is 7.63. The van der Waals surface area contributed by atoms with E-state index in [-0.39, 0.29) is 16.3 Å². The Morgan fingerprint density at radius 3 is 2.44 bits per heavy atom. The largest absolute Gasteiger partial charge is 0.221 e. The molecule has 1 aromatic heterocycles. The van der Waals surface area contributed by atoms with Crippen LogP contribution in [-0.2, 0) is 5.41 Å². The highest BCUT2D eigenvalue weighted by atomic mass is 35.5. The molecule has 0 amide bonds. The molecule has 0 N–H and O–H groups in total. The van der Waals surface area contributed by atoms with Gasteiger partial charge in [-0.2, -0.15) is 5.10 Å². The average molecular weight is 268 g/mol. The smallest absolute Gasteiger partial charge is 0.147 e. The number of aromatic nitrogens is 3. The molecule has 0 bridgehead atoms. The fraction of sp³-hybridized carbons (Fsp3) is 0.385. The molecule has 18 heavy (non-hydrogen) atoms. The summed E-state index contributed by atoms with van der Waals surface area (Å²) in [7, 11) is 0. The van der Waals surface area contributed by atoms with Gasteiger partial charge in [0, 0.05) is 0 Å². The number of hydrogen-bond donors (Lipinski definition) is 0. The van der Waals surface area contributed by atoms with Crippen LogP contribution in [0, 0.1) is 12.7 Å². The van der Waals surface area contributed by atoms with Gasteiger partial charge < -0.3 is 0 Å². The van der Waals surface area contributed by atoms with Gasteiger partial charge in [0.2, 0.25) is 0 Å². The second-order valence-electron chi connectivity index (χ2n) is 5.28. The van der Waals surface area contributed by atoms with Crippen LogP contribution in [0.4, 0.5) is 4.39 Å². The first kappa shape index (κ1) is 13.0. The predicted molar refractivity (Wildman–Crippen MR) is 69.8 cm³/mol. The second kappa shape index (κ2) is 4.35. The zero-order chi connectivity index (χ0) is 13.5. The summed E-state index contributed by atoms with van der Waals surface area (Å²) >= 11 is 5.95. The van der Waals surface area contributed by atoms with Gasteiger partial charge in [0.25, 0.3) is 0 Å². The van der Waals surface area contributed by atoms with Crippen molar-refractivity contribution in [3.8, 4) is 5.69 Å². The van der Waals surface area contributed by atoms with Crippen LogP contribution in [-0.4, -0.2) is 14.8 Å². The van der Waals surface area contributed by atoms with Crippen molar-refractivity contribution in [1.82, 2.24) is 14.8 Å². The summed E-state index contributed by atoms with van der Waals surface area (Å²) in [5, 5.41) is 4.30. The number of halogens is 2. The standard InChI is InChI=1S/C13H15ClFN3/c1-8-16-7-18(17-8)9-5-10(13(2,3)4)12(15)11(14)6-9/h5-7H,1-4H3. The van der Waals surface area contributed by atoms with Crippen LogP contribution in [0.5, 0.6) is 0 Å². The summed E-state index contributed by atoms with van der Waals surface area (Å²) in [4.78, 5) is 4.05. The van der Waals surface area contributed by atoms with Crippen LogP contribution in [0.25, 0.3) is 5.69 Å². The zero-order valence-corrected chi connectivity index (χ0v) is 11.6. The molecule has 0 spiro atoms. The predicted octanol–water partition coefficient (Wildman–Crippen LogP) is 3.67. The zero-order valence-electron chi connectivity index (χ0n) is 10.8. The number of aryl methyl sites for hydroxylation is 1. The molecule has 1 heterocycles. The van der Waals surface area contributed by atoms with Crippen molar-refractivity contribution in [2.75, 3.05) is 0 Å². The molecule has 0 radical (unpaired) electrons. The summed E-state index contributed by atoms with van der Waals surface area (Å²) in [5.41, 5.74) is 0.962. The molecule has 0 aliphatic rings. The summed E-state index contributed by atoms with van der Waals surface area (Å²) in [5.74, 6) is 0.289. The molecule has 3 nitrogen and oxygen atoms in total. The van der Waals surface area contributed by atoms with Crippen LogP contribution in [0.15, 0.2) is 18.5 Å². The van der Waals surface area contributed by atoms with Gasteiger partial charge in [-0.3, -0.25) is 0 Å². The van der Waals surface area contributed by atoms with E-state index < -0.39 is 0 Å². The molecule has 1 aromatic carbocycles. The number of rotatable bonds is 1. The average Bonchev–Trinajstić information content (AvgIpc) is 2.67. The minimum Gasteiger partial charge on any atom is -0.221 e. The molecule has 0 saturated heterocycles. The Kier molecular flexibility index (Phi) is 3.15. The van der Waals surface area contributed by atoms with Crippen molar-refractivity contribution in [3.05, 3.63) is 40.7 Å². The molecule has 96 valence electrons. The minimum absolute atomic E-state index is 0.102. The molecule has 0 fully saturated rings. The summed E-state index contributed by atoms with van der Waals surface area (Å²) in [6.07, 6.45) is 1.59. The molecular formula is C13H15ClFN3. The molecule has 0 aliphatic carbocycles. The third-order valence-electron chi connectivity index (χ3n) is 2.69. The number of nitrogens with zero attached hydrogens (tertiary/aromatic N) is 3. The third-order valence-corrected chi connectivity index (χ3v) is 2.97. The van der Waals surface area contributed by atoms with E-state index in [9.17, 15) is 4.39 Å². The highest BCUT2D eigenvalue weighted by Gasteiger charge is 2.22. The van der Waals surface area contributed by atoms with Crippen molar-refractivity contribution in [2.24, 2.45) is 0 Å². The Morgan fingerprint density at radius 1 is 1.28 bits per heavy atom. The molecule has 0 unspecified atom stereocenters. The van der Waals surface area contributed by atoms with E-state index >= 15 is 0 Å². The van der Waals surface area contributed by atoms with Crippen LogP contribution < -0.4 is 0 Å². The lowest BCUT2D eigenvalue weighted by atomic mass is 9.86. The lowest BCUT2D eigenvalue weighted by Gasteiger charge is -2.21. The molecule has 5 heteroatoms. The van der Waals surface area contributed by atoms with Crippen molar-refractivity contribution in [2.45, 2.75) is 33.1 Å². The maximum Gasteiger partial charge on any atom is 0.147 e. The molecule has 2 aromatic rings. The lowest BCUT2D eigenvalue weighted by Crippen LogP contribution is -2.15. The monoisotopic (exact) mass is 267 g/mol. The number of benzene rings is 1. The van der Waals surface area contributed by atoms with E-state index in [2.05, 4.69) is 10.1 Å². The van der Waals surface area contributed by atoms with Gasteiger partial charge >= 0.3 is 0 Å². The summed E-state index contributed by atoms with van der Waals surface area (Å²) in [6, 6.07) is 3.32. The van der Waals surface area contributed by atoms with Crippen molar-refractivity contribution < 1.29 is 4.39 Å². The van der Waals surface area contributed by atoms with Crippen molar-refractivity contribution in [3.63, 3.8) is 0 Å². The van der Waals surface area contributed by atoms with E-state index in [1.165, 1.54) is 0 Å². The number of hydrogen-bond acceptors (Lipinski definition) is 2. The maximum absolute atomic E-state index is 14.0. The lowest BCUT2D eigenvalue weighted by molar-refractivity contribution is 0.522. The van der Waals surface area contributed by atoms with E-state index in [1.807, 2.05) is 20.8 Å². The molecule has 2 rings (SSSR count). The van der Waals surface area contributed by atoms with Crippen LogP contribution >= 0.6 is 11.6 Å². The Balaban J connectivity index is 2.61. The van der Waals surface area contributed by atoms with Gasteiger partial charge in [0.15, 0.2) is 0 Å². The molecule has 0 atom stereocenters. The van der Waals surface area contributed by atoms with E-state index in [0.29, 0.717) is 17.1 Å². The first-order valence-corrected chi connectivity index (χ1v) is 6.05. The molecule has 0 saturated carbocycles. The van der Waals surface area contributed by atoms with Crippen LogP contribution in [0.2, 0.25) is 5.02 Å². The van der Waals surface area contributed by atoms with Crippen molar-refractivity contribution >= 4 is 11.6 Å². The van der Waals surface area contributed by atoms with E-state index in [4.69, 9.17) is 11.6 Å². The Bertz CT molecular complexity index is 584. The second-order valence-corrected chi connectivity index (χ2v) is 5.68. The highest BCUT2D eigenvalue weighted by Crippen LogP contribution is 2.31. The SMILES string of the molecule is Cc1ncn(-c2cc(Cl)c(F)c(C(C)(C)C)c2)n1. The Morgan fingerprint density at radius 2 is 1.94 bits per heavy atom. The topological polar surface area (TPSA) is 30.7 Å². The van der Waals surface area contributed by atoms with Crippen LogP contribution in [0.3, 0.4) is 0 Å². The first-order valence-electron chi connectivity index (χ1n) is 5.67. The van der Waals surface area contributed by atoms with Gasteiger partial charge in [0.1, 0.15) is 18.0 Å². The van der Waals surface area contributed by atoms with E-state index in [1.54, 1.807) is 30.1 Å². The minimum atomic E-state index is -0.371. The van der Waals surface area contributed by atoms with Gasteiger partial charge in [-0.1, -0.05) is 32.4 Å². The van der Waals surface area contributed by atoms with Gasteiger partial charge in [0.05, 0.1) is 10.7 Å². The third kappa shape index (κ3) is 2.38. The highest BCUT2D eigenvalue weighted by molar-refractivity contribution is 6.31.